The Morgan fingerprint density at radius 1 is 1.00 bits per heavy atom. The Balaban J connectivity index is 1.70. The van der Waals surface area contributed by atoms with Crippen LogP contribution >= 0.6 is 11.8 Å². The van der Waals surface area contributed by atoms with Crippen LogP contribution in [0.4, 0.5) is 0 Å². The molecule has 0 unspecified atom stereocenters. The van der Waals surface area contributed by atoms with E-state index in [9.17, 15) is 0 Å². The van der Waals surface area contributed by atoms with E-state index in [4.69, 9.17) is 21.1 Å². The molecule has 0 spiro atoms. The molecule has 22 heavy (non-hydrogen) atoms. The molecule has 2 heterocycles. The van der Waals surface area contributed by atoms with E-state index >= 15 is 0 Å². The Kier molecular flexibility index (Phi) is 4.32. The molecule has 5 heteroatoms. The quantitative estimate of drug-likeness (QED) is 0.616. The molecule has 0 saturated carbocycles. The zero-order valence-corrected chi connectivity index (χ0v) is 14.7. The van der Waals surface area contributed by atoms with Crippen molar-refractivity contribution in [1.29, 1.82) is 0 Å². The number of halogens is 1. The highest BCUT2D eigenvalue weighted by molar-refractivity contribution is 6.62. The number of rotatable bonds is 2. The van der Waals surface area contributed by atoms with E-state index in [1.54, 1.807) is 0 Å². The lowest BCUT2D eigenvalue weighted by Gasteiger charge is -2.32. The second-order valence-electron chi connectivity index (χ2n) is 7.44. The fourth-order valence-corrected chi connectivity index (χ4v) is 3.28. The minimum atomic E-state index is -0.288. The van der Waals surface area contributed by atoms with Crippen LogP contribution < -0.4 is 5.46 Å². The average Bonchev–Trinajstić information content (AvgIpc) is 2.68. The Bertz CT molecular complexity index is 508. The molecular formula is C17H25BClNO2. The molecule has 0 N–H and O–H groups in total. The van der Waals surface area contributed by atoms with E-state index in [0.717, 1.165) is 31.4 Å². The molecule has 0 aromatic heterocycles. The van der Waals surface area contributed by atoms with Gasteiger partial charge in [0.25, 0.3) is 0 Å². The lowest BCUT2D eigenvalue weighted by atomic mass is 9.77. The Morgan fingerprint density at radius 3 is 2.00 bits per heavy atom. The Hall–Kier alpha value is -0.545. The summed E-state index contributed by atoms with van der Waals surface area (Å²) < 4.78 is 14.1. The maximum atomic E-state index is 6.10. The molecule has 0 radical (unpaired) electrons. The summed E-state index contributed by atoms with van der Waals surface area (Å²) in [7, 11) is -0.274. The van der Waals surface area contributed by atoms with Crippen LogP contribution in [0, 0.1) is 0 Å². The number of hydrogen-bond donors (Lipinski definition) is 0. The standard InChI is InChI=1S/C17H25BClNO2/c1-16(2)17(3,4)22-18(21-16)15-7-5-13(6-8-15)14-9-11-20(19)12-10-14/h5-8,14H,9-12H2,1-4H3. The van der Waals surface area contributed by atoms with Gasteiger partial charge in [-0.1, -0.05) is 24.3 Å². The third-order valence-corrected chi connectivity index (χ3v) is 5.71. The topological polar surface area (TPSA) is 21.7 Å². The minimum absolute atomic E-state index is 0.274. The molecule has 2 aliphatic heterocycles. The minimum Gasteiger partial charge on any atom is -0.399 e. The van der Waals surface area contributed by atoms with E-state index in [0.29, 0.717) is 5.92 Å². The first-order valence-corrected chi connectivity index (χ1v) is 8.48. The normalized spacial score (nSPS) is 25.6. The van der Waals surface area contributed by atoms with Gasteiger partial charge in [-0.05, 0) is 69.3 Å². The van der Waals surface area contributed by atoms with Gasteiger partial charge in [0.05, 0.1) is 11.2 Å². The first kappa shape index (κ1) is 16.3. The molecule has 0 amide bonds. The van der Waals surface area contributed by atoms with Crippen LogP contribution in [0.3, 0.4) is 0 Å². The molecule has 0 atom stereocenters. The molecule has 0 bridgehead atoms. The van der Waals surface area contributed by atoms with Crippen LogP contribution in [-0.2, 0) is 9.31 Å². The highest BCUT2D eigenvalue weighted by Crippen LogP contribution is 2.36. The molecule has 1 aromatic rings. The summed E-state index contributed by atoms with van der Waals surface area (Å²) in [5, 5.41) is 0. The lowest BCUT2D eigenvalue weighted by Crippen LogP contribution is -2.41. The molecule has 0 aliphatic carbocycles. The summed E-state index contributed by atoms with van der Waals surface area (Å²) in [5.41, 5.74) is 1.91. The highest BCUT2D eigenvalue weighted by Gasteiger charge is 2.51. The first-order valence-electron chi connectivity index (χ1n) is 8.15. The Labute approximate surface area is 139 Å². The van der Waals surface area contributed by atoms with E-state index in [2.05, 4.69) is 52.0 Å². The zero-order chi connectivity index (χ0) is 16.0. The number of nitrogens with zero attached hydrogens (tertiary/aromatic N) is 1. The zero-order valence-electron chi connectivity index (χ0n) is 13.9. The fraction of sp³-hybridized carbons (Fsp3) is 0.647. The van der Waals surface area contributed by atoms with Gasteiger partial charge in [-0.15, -0.1) is 0 Å². The van der Waals surface area contributed by atoms with Crippen molar-refractivity contribution >= 4 is 24.4 Å². The van der Waals surface area contributed by atoms with Crippen LogP contribution in [0.15, 0.2) is 24.3 Å². The van der Waals surface area contributed by atoms with Crippen molar-refractivity contribution in [3.8, 4) is 0 Å². The van der Waals surface area contributed by atoms with E-state index < -0.39 is 0 Å². The smallest absolute Gasteiger partial charge is 0.399 e. The van der Waals surface area contributed by atoms with Gasteiger partial charge in [0.15, 0.2) is 0 Å². The second kappa shape index (κ2) is 5.83. The second-order valence-corrected chi connectivity index (χ2v) is 7.92. The molecule has 3 nitrogen and oxygen atoms in total. The predicted octanol–water partition coefficient (Wildman–Crippen LogP) is 3.32. The summed E-state index contributed by atoms with van der Waals surface area (Å²) in [6.07, 6.45) is 2.25. The monoisotopic (exact) mass is 321 g/mol. The molecule has 2 aliphatic rings. The molecule has 3 rings (SSSR count). The summed E-state index contributed by atoms with van der Waals surface area (Å²) in [5.74, 6) is 0.613. The van der Waals surface area contributed by atoms with Crippen LogP contribution in [0.2, 0.25) is 0 Å². The SMILES string of the molecule is CC1(C)OB(c2ccc(C3CCN(Cl)CC3)cc2)OC1(C)C. The van der Waals surface area contributed by atoms with Crippen LogP contribution in [0.25, 0.3) is 0 Å². The maximum absolute atomic E-state index is 6.10. The fourth-order valence-electron chi connectivity index (χ4n) is 3.09. The van der Waals surface area contributed by atoms with Crippen molar-refractivity contribution in [2.24, 2.45) is 0 Å². The predicted molar refractivity (Wildman–Crippen MR) is 91.6 cm³/mol. The van der Waals surface area contributed by atoms with Gasteiger partial charge in [0.1, 0.15) is 0 Å². The average molecular weight is 322 g/mol. The number of benzene rings is 1. The van der Waals surface area contributed by atoms with Crippen LogP contribution in [0.5, 0.6) is 0 Å². The summed E-state index contributed by atoms with van der Waals surface area (Å²) in [6.45, 7) is 10.3. The molecule has 1 aromatic carbocycles. The van der Waals surface area contributed by atoms with Crippen LogP contribution in [0.1, 0.15) is 52.0 Å². The van der Waals surface area contributed by atoms with Gasteiger partial charge in [-0.2, -0.15) is 0 Å². The van der Waals surface area contributed by atoms with Crippen molar-refractivity contribution in [3.05, 3.63) is 29.8 Å². The van der Waals surface area contributed by atoms with Crippen molar-refractivity contribution < 1.29 is 9.31 Å². The molecule has 2 fully saturated rings. The van der Waals surface area contributed by atoms with Gasteiger partial charge in [-0.3, -0.25) is 0 Å². The van der Waals surface area contributed by atoms with E-state index in [1.165, 1.54) is 5.56 Å². The van der Waals surface area contributed by atoms with Gasteiger partial charge < -0.3 is 9.31 Å². The highest BCUT2D eigenvalue weighted by atomic mass is 35.5. The Morgan fingerprint density at radius 2 is 1.50 bits per heavy atom. The first-order chi connectivity index (χ1) is 10.3. The molecule has 120 valence electrons. The lowest BCUT2D eigenvalue weighted by molar-refractivity contribution is 0.00578. The molecular weight excluding hydrogens is 296 g/mol. The van der Waals surface area contributed by atoms with Gasteiger partial charge in [0, 0.05) is 13.1 Å². The van der Waals surface area contributed by atoms with Crippen molar-refractivity contribution in [2.45, 2.75) is 57.7 Å². The molecule has 2 saturated heterocycles. The van der Waals surface area contributed by atoms with Crippen molar-refractivity contribution in [2.75, 3.05) is 13.1 Å². The van der Waals surface area contributed by atoms with Crippen molar-refractivity contribution in [3.63, 3.8) is 0 Å². The van der Waals surface area contributed by atoms with E-state index in [-0.39, 0.29) is 18.3 Å². The van der Waals surface area contributed by atoms with Crippen LogP contribution in [-0.4, -0.2) is 35.8 Å². The van der Waals surface area contributed by atoms with E-state index in [1.807, 2.05) is 4.42 Å². The van der Waals surface area contributed by atoms with Crippen molar-refractivity contribution in [1.82, 2.24) is 4.42 Å². The van der Waals surface area contributed by atoms with Gasteiger partial charge in [0.2, 0.25) is 0 Å². The maximum Gasteiger partial charge on any atom is 0.494 e. The van der Waals surface area contributed by atoms with Gasteiger partial charge in [-0.25, -0.2) is 4.42 Å². The largest absolute Gasteiger partial charge is 0.494 e. The summed E-state index contributed by atoms with van der Waals surface area (Å²) >= 11 is 6.03. The van der Waals surface area contributed by atoms with Gasteiger partial charge >= 0.3 is 7.12 Å². The number of piperidine rings is 1. The third-order valence-electron chi connectivity index (χ3n) is 5.37. The summed E-state index contributed by atoms with van der Waals surface area (Å²) in [4.78, 5) is 0. The summed E-state index contributed by atoms with van der Waals surface area (Å²) in [6, 6.07) is 8.72. The third kappa shape index (κ3) is 3.07. The number of hydrogen-bond acceptors (Lipinski definition) is 3.